The minimum Gasteiger partial charge on any atom is -0.497 e. The van der Waals surface area contributed by atoms with Crippen LogP contribution in [0.1, 0.15) is 45.2 Å². The van der Waals surface area contributed by atoms with E-state index < -0.39 is 0 Å². The largest absolute Gasteiger partial charge is 0.497 e. The predicted molar refractivity (Wildman–Crippen MR) is 84.4 cm³/mol. The van der Waals surface area contributed by atoms with Crippen LogP contribution in [0, 0.1) is 5.92 Å². The molecule has 0 radical (unpaired) electrons. The van der Waals surface area contributed by atoms with Crippen molar-refractivity contribution in [2.75, 3.05) is 14.2 Å². The van der Waals surface area contributed by atoms with E-state index in [1.54, 1.807) is 7.11 Å². The van der Waals surface area contributed by atoms with Gasteiger partial charge in [-0.2, -0.15) is 0 Å². The molecule has 0 aromatic heterocycles. The second-order valence-electron chi connectivity index (χ2n) is 5.29. The molecule has 1 rings (SSSR count). The number of rotatable bonds is 8. The van der Waals surface area contributed by atoms with E-state index in [-0.39, 0.29) is 24.0 Å². The molecule has 0 heterocycles. The predicted octanol–water partition coefficient (Wildman–Crippen LogP) is 3.32. The van der Waals surface area contributed by atoms with Crippen LogP contribution in [0.15, 0.2) is 24.3 Å². The lowest BCUT2D eigenvalue weighted by molar-refractivity contribution is -0.144. The van der Waals surface area contributed by atoms with Crippen LogP contribution in [0.4, 0.5) is 0 Å². The molecule has 4 heteroatoms. The second kappa shape index (κ2) is 8.67. The molecule has 0 fully saturated rings. The number of esters is 1. The summed E-state index contributed by atoms with van der Waals surface area (Å²) in [7, 11) is 3.09. The molecule has 4 nitrogen and oxygen atoms in total. The highest BCUT2D eigenvalue weighted by molar-refractivity contribution is 5.76. The second-order valence-corrected chi connectivity index (χ2v) is 5.29. The molecule has 0 aliphatic carbocycles. The van der Waals surface area contributed by atoms with Crippen LogP contribution in [0.2, 0.25) is 0 Å². The van der Waals surface area contributed by atoms with E-state index in [1.165, 1.54) is 7.11 Å². The fourth-order valence-electron chi connectivity index (χ4n) is 2.33. The highest BCUT2D eigenvalue weighted by Crippen LogP contribution is 2.22. The summed E-state index contributed by atoms with van der Waals surface area (Å²) in [6.07, 6.45) is 1.82. The molecule has 0 saturated heterocycles. The molecule has 0 saturated carbocycles. The van der Waals surface area contributed by atoms with E-state index in [2.05, 4.69) is 26.1 Å². The fourth-order valence-corrected chi connectivity index (χ4v) is 2.33. The van der Waals surface area contributed by atoms with Crippen LogP contribution in [0.5, 0.6) is 5.75 Å². The Morgan fingerprint density at radius 1 is 1.14 bits per heavy atom. The molecule has 21 heavy (non-hydrogen) atoms. The van der Waals surface area contributed by atoms with Gasteiger partial charge in [0.15, 0.2) is 0 Å². The van der Waals surface area contributed by atoms with Crippen LogP contribution in [0.25, 0.3) is 0 Å². The molecule has 0 bridgehead atoms. The third-order valence-electron chi connectivity index (χ3n) is 3.98. The first-order chi connectivity index (χ1) is 10.1. The highest BCUT2D eigenvalue weighted by Gasteiger charge is 2.27. The number of ether oxygens (including phenoxy) is 2. The lowest BCUT2D eigenvalue weighted by atomic mass is 9.96. The normalized spacial score (nSPS) is 15.1. The maximum Gasteiger partial charge on any atom is 0.323 e. The van der Waals surface area contributed by atoms with Gasteiger partial charge < -0.3 is 9.47 Å². The Morgan fingerprint density at radius 2 is 1.76 bits per heavy atom. The van der Waals surface area contributed by atoms with Crippen LogP contribution < -0.4 is 10.1 Å². The van der Waals surface area contributed by atoms with Gasteiger partial charge in [-0.15, -0.1) is 0 Å². The molecule has 0 aliphatic heterocycles. The van der Waals surface area contributed by atoms with Crippen molar-refractivity contribution < 1.29 is 14.3 Å². The van der Waals surface area contributed by atoms with Gasteiger partial charge in [0.05, 0.1) is 14.2 Å². The van der Waals surface area contributed by atoms with E-state index in [9.17, 15) is 4.79 Å². The topological polar surface area (TPSA) is 47.6 Å². The van der Waals surface area contributed by atoms with Gasteiger partial charge in [0.25, 0.3) is 0 Å². The number of nitrogens with one attached hydrogen (secondary N) is 1. The lowest BCUT2D eigenvalue weighted by Crippen LogP contribution is -2.44. The van der Waals surface area contributed by atoms with Crippen LogP contribution in [0.3, 0.4) is 0 Å². The minimum absolute atomic E-state index is 0.119. The zero-order chi connectivity index (χ0) is 15.8. The molecule has 3 atom stereocenters. The van der Waals surface area contributed by atoms with Crippen molar-refractivity contribution in [3.63, 3.8) is 0 Å². The molecule has 0 aliphatic rings. The van der Waals surface area contributed by atoms with E-state index in [0.29, 0.717) is 0 Å². The smallest absolute Gasteiger partial charge is 0.323 e. The van der Waals surface area contributed by atoms with Gasteiger partial charge in [-0.3, -0.25) is 10.1 Å². The SMILES string of the molecule is CCC(NC(C(=O)OC)C(C)CC)c1ccc(OC)cc1. The molecular formula is C17H27NO3. The van der Waals surface area contributed by atoms with E-state index >= 15 is 0 Å². The average Bonchev–Trinajstić information content (AvgIpc) is 2.54. The summed E-state index contributed by atoms with van der Waals surface area (Å²) in [5, 5.41) is 3.44. The number of carbonyl (C=O) groups is 1. The summed E-state index contributed by atoms with van der Waals surface area (Å²) >= 11 is 0. The quantitative estimate of drug-likeness (QED) is 0.747. The summed E-state index contributed by atoms with van der Waals surface area (Å²) in [6, 6.07) is 7.78. The molecule has 3 unspecified atom stereocenters. The van der Waals surface area contributed by atoms with Gasteiger partial charge in [0.2, 0.25) is 0 Å². The molecule has 0 amide bonds. The number of carbonyl (C=O) groups excluding carboxylic acids is 1. The Balaban J connectivity index is 2.88. The molecule has 0 spiro atoms. The summed E-state index contributed by atoms with van der Waals surface area (Å²) in [6.45, 7) is 6.25. The van der Waals surface area contributed by atoms with Gasteiger partial charge >= 0.3 is 5.97 Å². The van der Waals surface area contributed by atoms with Crippen molar-refractivity contribution in [1.82, 2.24) is 5.32 Å². The Labute approximate surface area is 127 Å². The molecule has 1 N–H and O–H groups in total. The molecular weight excluding hydrogens is 266 g/mol. The standard InChI is InChI=1S/C17H27NO3/c1-6-12(3)16(17(19)21-5)18-15(7-2)13-8-10-14(20-4)11-9-13/h8-12,15-16,18H,6-7H2,1-5H3. The van der Waals surface area contributed by atoms with Gasteiger partial charge in [0.1, 0.15) is 11.8 Å². The van der Waals surface area contributed by atoms with Crippen LogP contribution in [-0.4, -0.2) is 26.2 Å². The van der Waals surface area contributed by atoms with Gasteiger partial charge in [0, 0.05) is 6.04 Å². The Bertz CT molecular complexity index is 430. The van der Waals surface area contributed by atoms with Crippen molar-refractivity contribution in [2.45, 2.75) is 45.7 Å². The van der Waals surface area contributed by atoms with Crippen LogP contribution in [-0.2, 0) is 9.53 Å². The number of benzene rings is 1. The molecule has 1 aromatic carbocycles. The Kier molecular flexibility index (Phi) is 7.23. The van der Waals surface area contributed by atoms with Crippen molar-refractivity contribution in [1.29, 1.82) is 0 Å². The van der Waals surface area contributed by atoms with Crippen molar-refractivity contribution >= 4 is 5.97 Å². The maximum absolute atomic E-state index is 12.0. The summed E-state index contributed by atoms with van der Waals surface area (Å²) in [4.78, 5) is 12.0. The Morgan fingerprint density at radius 3 is 2.19 bits per heavy atom. The first kappa shape index (κ1) is 17.5. The Hall–Kier alpha value is -1.55. The van der Waals surface area contributed by atoms with Crippen molar-refractivity contribution in [2.24, 2.45) is 5.92 Å². The summed E-state index contributed by atoms with van der Waals surface area (Å²) in [5.41, 5.74) is 1.15. The van der Waals surface area contributed by atoms with Gasteiger partial charge in [-0.25, -0.2) is 0 Å². The number of hydrogen-bond acceptors (Lipinski definition) is 4. The average molecular weight is 293 g/mol. The first-order valence-electron chi connectivity index (χ1n) is 7.55. The highest BCUT2D eigenvalue weighted by atomic mass is 16.5. The zero-order valence-corrected chi connectivity index (χ0v) is 13.7. The van der Waals surface area contributed by atoms with Crippen molar-refractivity contribution in [3.05, 3.63) is 29.8 Å². The first-order valence-corrected chi connectivity index (χ1v) is 7.55. The lowest BCUT2D eigenvalue weighted by Gasteiger charge is -2.27. The van der Waals surface area contributed by atoms with E-state index in [0.717, 1.165) is 24.2 Å². The minimum atomic E-state index is -0.285. The number of methoxy groups -OCH3 is 2. The third kappa shape index (κ3) is 4.74. The summed E-state index contributed by atoms with van der Waals surface area (Å²) < 4.78 is 10.1. The third-order valence-corrected chi connectivity index (χ3v) is 3.98. The van der Waals surface area contributed by atoms with Gasteiger partial charge in [-0.1, -0.05) is 39.3 Å². The monoisotopic (exact) mass is 293 g/mol. The van der Waals surface area contributed by atoms with Crippen molar-refractivity contribution in [3.8, 4) is 5.75 Å². The van der Waals surface area contributed by atoms with Gasteiger partial charge in [-0.05, 0) is 30.0 Å². The summed E-state index contributed by atoms with van der Waals surface area (Å²) in [5.74, 6) is 0.862. The fraction of sp³-hybridized carbons (Fsp3) is 0.588. The van der Waals surface area contributed by atoms with E-state index in [4.69, 9.17) is 9.47 Å². The zero-order valence-electron chi connectivity index (χ0n) is 13.7. The van der Waals surface area contributed by atoms with Crippen LogP contribution >= 0.6 is 0 Å². The molecule has 118 valence electrons. The van der Waals surface area contributed by atoms with E-state index in [1.807, 2.05) is 24.3 Å². The maximum atomic E-state index is 12.0. The molecule has 1 aromatic rings. The number of hydrogen-bond donors (Lipinski definition) is 1.